The summed E-state index contributed by atoms with van der Waals surface area (Å²) in [5.74, 6) is 0.0441. The van der Waals surface area contributed by atoms with Crippen molar-refractivity contribution < 1.29 is 14.2 Å². The summed E-state index contributed by atoms with van der Waals surface area (Å²) in [6.07, 6.45) is 7.61. The lowest BCUT2D eigenvalue weighted by Gasteiger charge is -2.30. The van der Waals surface area contributed by atoms with E-state index in [1.807, 2.05) is 0 Å². The Morgan fingerprint density at radius 1 is 1.27 bits per heavy atom. The van der Waals surface area contributed by atoms with E-state index in [-0.39, 0.29) is 30.4 Å². The number of anilines is 1. The topological polar surface area (TPSA) is 116 Å². The normalized spacial score (nSPS) is 14.9. The van der Waals surface area contributed by atoms with Crippen LogP contribution in [0, 0.1) is 5.82 Å². The molecule has 1 aliphatic carbocycles. The molecule has 1 aliphatic rings. The molecule has 1 atom stereocenters. The van der Waals surface area contributed by atoms with Gasteiger partial charge in [0.25, 0.3) is 5.56 Å². The highest BCUT2D eigenvalue weighted by atomic mass is 19.1. The first-order valence-corrected chi connectivity index (χ1v) is 9.74. The molecule has 156 valence electrons. The summed E-state index contributed by atoms with van der Waals surface area (Å²) in [6.45, 7) is -0.176. The summed E-state index contributed by atoms with van der Waals surface area (Å²) in [4.78, 5) is 24.1. The Bertz CT molecular complexity index is 1080. The Morgan fingerprint density at radius 3 is 2.77 bits per heavy atom. The molecule has 3 N–H and O–H groups in total. The first-order valence-electron chi connectivity index (χ1n) is 9.74. The average Bonchev–Trinajstić information content (AvgIpc) is 2.69. The van der Waals surface area contributed by atoms with Crippen molar-refractivity contribution in [2.45, 2.75) is 37.8 Å². The summed E-state index contributed by atoms with van der Waals surface area (Å²) >= 11 is 0. The summed E-state index contributed by atoms with van der Waals surface area (Å²) in [5.41, 5.74) is 7.40. The summed E-state index contributed by atoms with van der Waals surface area (Å²) in [7, 11) is 0. The van der Waals surface area contributed by atoms with Crippen LogP contribution in [0.5, 0.6) is 5.75 Å². The van der Waals surface area contributed by atoms with Crippen LogP contribution < -0.4 is 16.0 Å². The monoisotopic (exact) mass is 411 g/mol. The number of halogens is 1. The number of nitrogen functional groups attached to an aromatic ring is 1. The fourth-order valence-electron chi connectivity index (χ4n) is 3.50. The molecule has 1 unspecified atom stereocenters. The van der Waals surface area contributed by atoms with Gasteiger partial charge in [0.1, 0.15) is 18.5 Å². The maximum Gasteiger partial charge on any atom is 0.253 e. The van der Waals surface area contributed by atoms with Gasteiger partial charge < -0.3 is 15.6 Å². The molecule has 1 saturated carbocycles. The van der Waals surface area contributed by atoms with Crippen molar-refractivity contribution in [2.24, 2.45) is 0 Å². The highest BCUT2D eigenvalue weighted by Crippen LogP contribution is 2.46. The fourth-order valence-corrected chi connectivity index (χ4v) is 3.50. The van der Waals surface area contributed by atoms with Crippen molar-refractivity contribution in [1.82, 2.24) is 19.5 Å². The zero-order valence-corrected chi connectivity index (χ0v) is 16.2. The first-order chi connectivity index (χ1) is 14.5. The molecule has 8 nitrogen and oxygen atoms in total. The zero-order chi connectivity index (χ0) is 21.1. The van der Waals surface area contributed by atoms with Gasteiger partial charge in [-0.25, -0.2) is 14.4 Å². The second kappa shape index (κ2) is 8.58. The van der Waals surface area contributed by atoms with E-state index in [9.17, 15) is 14.3 Å². The summed E-state index contributed by atoms with van der Waals surface area (Å²) in [6, 6.07) is 4.30. The average molecular weight is 411 g/mol. The highest BCUT2D eigenvalue weighted by molar-refractivity contribution is 5.68. The molecule has 0 bridgehead atoms. The van der Waals surface area contributed by atoms with Gasteiger partial charge in [-0.15, -0.1) is 0 Å². The SMILES string of the molecule is Nc1cnc(-c2ccc(F)c(OCC(O)Cn3cnccc3=O)c2C2CCC2)cn1. The zero-order valence-electron chi connectivity index (χ0n) is 16.2. The minimum Gasteiger partial charge on any atom is -0.487 e. The molecule has 30 heavy (non-hydrogen) atoms. The lowest BCUT2D eigenvalue weighted by Crippen LogP contribution is -2.30. The molecular weight excluding hydrogens is 389 g/mol. The maximum atomic E-state index is 14.7. The Labute approximate surface area is 172 Å². The number of aromatic nitrogens is 4. The third-order valence-corrected chi connectivity index (χ3v) is 5.23. The van der Waals surface area contributed by atoms with Crippen molar-refractivity contribution in [3.8, 4) is 17.0 Å². The summed E-state index contributed by atoms with van der Waals surface area (Å²) in [5, 5.41) is 10.3. The first kappa shape index (κ1) is 20.0. The minimum atomic E-state index is -1.01. The van der Waals surface area contributed by atoms with Crippen molar-refractivity contribution >= 4 is 5.82 Å². The summed E-state index contributed by atoms with van der Waals surface area (Å²) < 4.78 is 21.8. The smallest absolute Gasteiger partial charge is 0.253 e. The number of nitrogens with zero attached hydrogens (tertiary/aromatic N) is 4. The number of nitrogens with two attached hydrogens (primary N) is 1. The van der Waals surface area contributed by atoms with Crippen LogP contribution in [0.1, 0.15) is 30.7 Å². The van der Waals surface area contributed by atoms with Crippen molar-refractivity contribution in [3.05, 3.63) is 64.9 Å². The van der Waals surface area contributed by atoms with E-state index in [0.29, 0.717) is 11.5 Å². The number of hydrogen-bond acceptors (Lipinski definition) is 7. The largest absolute Gasteiger partial charge is 0.487 e. The van der Waals surface area contributed by atoms with E-state index in [0.717, 1.165) is 30.4 Å². The number of rotatable bonds is 7. The van der Waals surface area contributed by atoms with Crippen LogP contribution in [-0.4, -0.2) is 37.3 Å². The van der Waals surface area contributed by atoms with Crippen LogP contribution in [0.25, 0.3) is 11.3 Å². The van der Waals surface area contributed by atoms with Gasteiger partial charge in [0, 0.05) is 23.4 Å². The molecule has 4 rings (SSSR count). The highest BCUT2D eigenvalue weighted by Gasteiger charge is 2.29. The standard InChI is InChI=1S/C21H22FN5O3/c22-16-5-4-15(17-8-26-18(23)9-25-17)20(13-2-1-3-13)21(16)30-11-14(28)10-27-12-24-7-6-19(27)29/h4-9,12-14,28H,1-3,10-11H2,(H2,23,26). The van der Waals surface area contributed by atoms with E-state index < -0.39 is 11.9 Å². The van der Waals surface area contributed by atoms with Crippen molar-refractivity contribution in [3.63, 3.8) is 0 Å². The molecule has 0 spiro atoms. The minimum absolute atomic E-state index is 0.00379. The predicted molar refractivity (Wildman–Crippen MR) is 108 cm³/mol. The lowest BCUT2D eigenvalue weighted by molar-refractivity contribution is 0.0883. The van der Waals surface area contributed by atoms with Gasteiger partial charge >= 0.3 is 0 Å². The molecule has 9 heteroatoms. The van der Waals surface area contributed by atoms with Crippen LogP contribution in [0.15, 0.2) is 47.9 Å². The van der Waals surface area contributed by atoms with Gasteiger partial charge in [-0.2, -0.15) is 0 Å². The molecule has 2 aromatic heterocycles. The number of aliphatic hydroxyl groups is 1. The van der Waals surface area contributed by atoms with Gasteiger partial charge in [-0.3, -0.25) is 14.3 Å². The van der Waals surface area contributed by atoms with Gasteiger partial charge in [0.2, 0.25) is 0 Å². The fraction of sp³-hybridized carbons (Fsp3) is 0.333. The number of aliphatic hydroxyl groups excluding tert-OH is 1. The Hall–Kier alpha value is -3.33. The molecular formula is C21H22FN5O3. The number of benzene rings is 1. The van der Waals surface area contributed by atoms with Crippen LogP contribution in [0.3, 0.4) is 0 Å². The van der Waals surface area contributed by atoms with Gasteiger partial charge in [0.05, 0.1) is 31.0 Å². The van der Waals surface area contributed by atoms with E-state index in [1.54, 1.807) is 12.3 Å². The lowest BCUT2D eigenvalue weighted by atomic mass is 9.77. The maximum absolute atomic E-state index is 14.7. The number of hydrogen-bond donors (Lipinski definition) is 2. The van der Waals surface area contributed by atoms with Gasteiger partial charge in [-0.05, 0) is 30.9 Å². The molecule has 0 radical (unpaired) electrons. The van der Waals surface area contributed by atoms with Crippen LogP contribution >= 0.6 is 0 Å². The molecule has 2 heterocycles. The van der Waals surface area contributed by atoms with Crippen LogP contribution in [0.4, 0.5) is 10.2 Å². The number of ether oxygens (including phenoxy) is 1. The Balaban J connectivity index is 1.60. The third-order valence-electron chi connectivity index (χ3n) is 5.23. The Morgan fingerprint density at radius 2 is 2.10 bits per heavy atom. The van der Waals surface area contributed by atoms with Crippen molar-refractivity contribution in [1.29, 1.82) is 0 Å². The third kappa shape index (κ3) is 4.16. The molecule has 0 aliphatic heterocycles. The predicted octanol–water partition coefficient (Wildman–Crippen LogP) is 2.13. The second-order valence-electron chi connectivity index (χ2n) is 7.33. The van der Waals surface area contributed by atoms with E-state index in [4.69, 9.17) is 10.5 Å². The molecule has 3 aromatic rings. The van der Waals surface area contributed by atoms with E-state index >= 15 is 0 Å². The van der Waals surface area contributed by atoms with Gasteiger partial charge in [0.15, 0.2) is 11.6 Å². The molecule has 1 fully saturated rings. The van der Waals surface area contributed by atoms with E-state index in [1.165, 1.54) is 35.4 Å². The van der Waals surface area contributed by atoms with Crippen LogP contribution in [0.2, 0.25) is 0 Å². The van der Waals surface area contributed by atoms with E-state index in [2.05, 4.69) is 15.0 Å². The molecule has 1 aromatic carbocycles. The Kier molecular flexibility index (Phi) is 5.71. The van der Waals surface area contributed by atoms with Crippen LogP contribution in [-0.2, 0) is 6.54 Å². The second-order valence-corrected chi connectivity index (χ2v) is 7.33. The molecule has 0 amide bonds. The quantitative estimate of drug-likeness (QED) is 0.612. The molecule has 0 saturated heterocycles. The van der Waals surface area contributed by atoms with Gasteiger partial charge in [-0.1, -0.05) is 6.42 Å². The van der Waals surface area contributed by atoms with Crippen molar-refractivity contribution in [2.75, 3.05) is 12.3 Å².